The van der Waals surface area contributed by atoms with Crippen molar-refractivity contribution in [3.05, 3.63) is 54.7 Å². The highest BCUT2D eigenvalue weighted by atomic mass is 16.5. The van der Waals surface area contributed by atoms with E-state index < -0.39 is 30.5 Å². The Morgan fingerprint density at radius 1 is 0.706 bits per heavy atom. The van der Waals surface area contributed by atoms with Gasteiger partial charge in [0, 0.05) is 73.7 Å². The summed E-state index contributed by atoms with van der Waals surface area (Å²) in [5, 5.41) is 26.2. The van der Waals surface area contributed by atoms with Crippen LogP contribution in [0.5, 0.6) is 0 Å². The standard InChI is InChI=1S/C37H43N5O9/c43-28-15-26(41(20-28)36(47)30-3-1-13-49-30)17-33(45)39-24-9-5-22(6-10-24)32-19-38-35(51-32)23-7-11-25(12-8-23)40-34(46)18-27-16-29(44)21-42(27)37(48)31-4-2-14-50-31/h5-12,19,26-31,43-44H,1-4,13-18,20-21H2,(H,39,45)(H,40,46)/t26-,27-,28+,29+,30+,31+/m0/s1. The molecule has 1 aromatic heterocycles. The number of nitrogens with zero attached hydrogens (tertiary/aromatic N) is 3. The quantitative estimate of drug-likeness (QED) is 0.245. The number of rotatable bonds is 10. The summed E-state index contributed by atoms with van der Waals surface area (Å²) in [5.41, 5.74) is 2.63. The summed E-state index contributed by atoms with van der Waals surface area (Å²) >= 11 is 0. The van der Waals surface area contributed by atoms with Gasteiger partial charge < -0.3 is 44.5 Å². The number of likely N-dealkylation sites (tertiary alicyclic amines) is 2. The molecule has 14 heteroatoms. The molecule has 4 saturated heterocycles. The molecule has 0 aliphatic carbocycles. The van der Waals surface area contributed by atoms with Crippen LogP contribution in [0.3, 0.4) is 0 Å². The smallest absolute Gasteiger partial charge is 0.252 e. The summed E-state index contributed by atoms with van der Waals surface area (Å²) in [6.07, 6.45) is 3.11. The van der Waals surface area contributed by atoms with Crippen molar-refractivity contribution in [1.29, 1.82) is 0 Å². The molecule has 4 aliphatic rings. The fraction of sp³-hybridized carbons (Fsp3) is 0.486. The van der Waals surface area contributed by atoms with Gasteiger partial charge in [-0.1, -0.05) is 0 Å². The van der Waals surface area contributed by atoms with E-state index in [1.54, 1.807) is 52.4 Å². The molecular formula is C37H43N5O9. The predicted octanol–water partition coefficient (Wildman–Crippen LogP) is 2.95. The van der Waals surface area contributed by atoms with Gasteiger partial charge in [-0.2, -0.15) is 0 Å². The van der Waals surface area contributed by atoms with Gasteiger partial charge in [0.1, 0.15) is 12.2 Å². The number of hydrogen-bond acceptors (Lipinski definition) is 10. The second-order valence-electron chi connectivity index (χ2n) is 13.8. The molecule has 5 heterocycles. The molecule has 0 bridgehead atoms. The zero-order chi connectivity index (χ0) is 35.5. The van der Waals surface area contributed by atoms with Crippen LogP contribution in [0.15, 0.2) is 59.1 Å². The average molecular weight is 702 g/mol. The van der Waals surface area contributed by atoms with Crippen LogP contribution < -0.4 is 10.6 Å². The molecule has 51 heavy (non-hydrogen) atoms. The lowest BCUT2D eigenvalue weighted by atomic mass is 10.1. The van der Waals surface area contributed by atoms with Gasteiger partial charge >= 0.3 is 0 Å². The first-order chi connectivity index (χ1) is 24.7. The average Bonchev–Trinajstić information content (AvgIpc) is 3.96. The zero-order valence-corrected chi connectivity index (χ0v) is 28.2. The number of hydrogen-bond donors (Lipinski definition) is 4. The molecule has 270 valence electrons. The fourth-order valence-electron chi connectivity index (χ4n) is 7.43. The van der Waals surface area contributed by atoms with Gasteiger partial charge in [-0.25, -0.2) is 4.98 Å². The Morgan fingerprint density at radius 2 is 1.18 bits per heavy atom. The van der Waals surface area contributed by atoms with Crippen molar-refractivity contribution >= 4 is 35.0 Å². The second kappa shape index (κ2) is 15.3. The highest BCUT2D eigenvalue weighted by Crippen LogP contribution is 2.30. The number of carbonyl (C=O) groups is 4. The molecule has 2 aromatic carbocycles. The Kier molecular flexibility index (Phi) is 10.5. The molecule has 0 spiro atoms. The van der Waals surface area contributed by atoms with Gasteiger partial charge in [0.2, 0.25) is 17.7 Å². The van der Waals surface area contributed by atoms with Crippen LogP contribution in [0, 0.1) is 0 Å². The Bertz CT molecular complexity index is 1590. The number of amides is 4. The third kappa shape index (κ3) is 8.14. The van der Waals surface area contributed by atoms with Crippen molar-refractivity contribution in [2.75, 3.05) is 36.9 Å². The highest BCUT2D eigenvalue weighted by Gasteiger charge is 2.40. The molecule has 7 rings (SSSR count). The lowest BCUT2D eigenvalue weighted by molar-refractivity contribution is -0.143. The lowest BCUT2D eigenvalue weighted by Gasteiger charge is -2.26. The molecule has 3 aromatic rings. The van der Waals surface area contributed by atoms with Crippen molar-refractivity contribution in [3.63, 3.8) is 0 Å². The normalized spacial score (nSPS) is 26.1. The van der Waals surface area contributed by atoms with Crippen molar-refractivity contribution in [3.8, 4) is 22.8 Å². The maximum absolute atomic E-state index is 12.9. The van der Waals surface area contributed by atoms with E-state index in [-0.39, 0.29) is 55.6 Å². The van der Waals surface area contributed by atoms with E-state index in [0.717, 1.165) is 18.4 Å². The van der Waals surface area contributed by atoms with E-state index in [4.69, 9.17) is 13.9 Å². The van der Waals surface area contributed by atoms with Gasteiger partial charge in [-0.15, -0.1) is 0 Å². The molecule has 4 amide bonds. The summed E-state index contributed by atoms with van der Waals surface area (Å²) in [5.74, 6) is 0.0994. The summed E-state index contributed by atoms with van der Waals surface area (Å²) in [7, 11) is 0. The zero-order valence-electron chi connectivity index (χ0n) is 28.2. The SMILES string of the molecule is O=C(C[C@@H]1C[C@@H](O)CN1C(=O)[C@H]1CCCO1)Nc1ccc(-c2cnc(-c3ccc(NC(=O)C[C@@H]4C[C@@H](O)CN4C(=O)[C@H]4CCCO4)cc3)o2)cc1. The summed E-state index contributed by atoms with van der Waals surface area (Å²) in [4.78, 5) is 59.2. The van der Waals surface area contributed by atoms with E-state index in [0.29, 0.717) is 67.5 Å². The Morgan fingerprint density at radius 3 is 1.63 bits per heavy atom. The van der Waals surface area contributed by atoms with Crippen molar-refractivity contribution in [1.82, 2.24) is 14.8 Å². The Balaban J connectivity index is 0.904. The second-order valence-corrected chi connectivity index (χ2v) is 13.8. The highest BCUT2D eigenvalue weighted by molar-refractivity contribution is 5.93. The number of aliphatic hydroxyl groups is 2. The molecule has 4 fully saturated rings. The maximum Gasteiger partial charge on any atom is 0.252 e. The first kappa shape index (κ1) is 34.8. The van der Waals surface area contributed by atoms with Gasteiger partial charge in [0.15, 0.2) is 5.76 Å². The van der Waals surface area contributed by atoms with Gasteiger partial charge in [0.25, 0.3) is 11.8 Å². The number of nitrogens with one attached hydrogen (secondary N) is 2. The summed E-state index contributed by atoms with van der Waals surface area (Å²) in [6.45, 7) is 1.51. The van der Waals surface area contributed by atoms with Crippen LogP contribution in [0.2, 0.25) is 0 Å². The molecular weight excluding hydrogens is 658 g/mol. The number of benzene rings is 2. The van der Waals surface area contributed by atoms with Crippen molar-refractivity contribution < 1.29 is 43.3 Å². The fourth-order valence-corrected chi connectivity index (χ4v) is 7.43. The lowest BCUT2D eigenvalue weighted by Crippen LogP contribution is -2.43. The molecule has 6 atom stereocenters. The molecule has 14 nitrogen and oxygen atoms in total. The van der Waals surface area contributed by atoms with Crippen LogP contribution in [0.1, 0.15) is 51.4 Å². The minimum absolute atomic E-state index is 0.0727. The summed E-state index contributed by atoms with van der Waals surface area (Å²) < 4.78 is 17.1. The van der Waals surface area contributed by atoms with E-state index >= 15 is 0 Å². The van der Waals surface area contributed by atoms with Gasteiger partial charge in [0.05, 0.1) is 18.4 Å². The Hall–Kier alpha value is -4.63. The number of ether oxygens (including phenoxy) is 2. The first-order valence-corrected chi connectivity index (χ1v) is 17.7. The predicted molar refractivity (Wildman–Crippen MR) is 184 cm³/mol. The minimum atomic E-state index is -0.664. The van der Waals surface area contributed by atoms with Crippen molar-refractivity contribution in [2.45, 2.75) is 87.9 Å². The number of β-amino-alcohol motifs (C(OH)–C–C–N with tert-alkyl or cyclic N) is 2. The summed E-state index contributed by atoms with van der Waals surface area (Å²) in [6, 6.07) is 13.4. The number of anilines is 2. The molecule has 0 saturated carbocycles. The number of oxazole rings is 1. The number of aromatic nitrogens is 1. The van der Waals surface area contributed by atoms with E-state index in [1.807, 2.05) is 12.1 Å². The third-order valence-corrected chi connectivity index (χ3v) is 9.98. The number of carbonyl (C=O) groups excluding carboxylic acids is 4. The van der Waals surface area contributed by atoms with Gasteiger partial charge in [-0.3, -0.25) is 19.2 Å². The van der Waals surface area contributed by atoms with Crippen LogP contribution >= 0.6 is 0 Å². The van der Waals surface area contributed by atoms with Crippen LogP contribution in [0.4, 0.5) is 11.4 Å². The monoisotopic (exact) mass is 701 g/mol. The maximum atomic E-state index is 12.9. The largest absolute Gasteiger partial charge is 0.436 e. The van der Waals surface area contributed by atoms with E-state index in [9.17, 15) is 29.4 Å². The first-order valence-electron chi connectivity index (χ1n) is 17.7. The minimum Gasteiger partial charge on any atom is -0.436 e. The molecule has 0 radical (unpaired) electrons. The number of aliphatic hydroxyl groups excluding tert-OH is 2. The van der Waals surface area contributed by atoms with E-state index in [1.165, 1.54) is 0 Å². The molecule has 4 N–H and O–H groups in total. The topological polar surface area (TPSA) is 184 Å². The van der Waals surface area contributed by atoms with Crippen LogP contribution in [-0.4, -0.2) is 111 Å². The van der Waals surface area contributed by atoms with Crippen LogP contribution in [-0.2, 0) is 28.7 Å². The Labute approximate surface area is 295 Å². The van der Waals surface area contributed by atoms with Crippen LogP contribution in [0.25, 0.3) is 22.8 Å². The van der Waals surface area contributed by atoms with Gasteiger partial charge in [-0.05, 0) is 87.1 Å². The molecule has 4 aliphatic heterocycles. The third-order valence-electron chi connectivity index (χ3n) is 9.98. The van der Waals surface area contributed by atoms with E-state index in [2.05, 4.69) is 15.6 Å². The molecule has 0 unspecified atom stereocenters. The van der Waals surface area contributed by atoms with Crippen molar-refractivity contribution in [2.24, 2.45) is 0 Å².